The van der Waals surface area contributed by atoms with Crippen molar-refractivity contribution in [2.24, 2.45) is 0 Å². The maximum absolute atomic E-state index is 6.15. The number of ether oxygens (including phenoxy) is 1. The van der Waals surface area contributed by atoms with E-state index in [9.17, 15) is 0 Å². The molecule has 1 aliphatic heterocycles. The number of hydrogen-bond donors (Lipinski definition) is 0. The molecule has 2 atom stereocenters. The Morgan fingerprint density at radius 3 is 2.83 bits per heavy atom. The summed E-state index contributed by atoms with van der Waals surface area (Å²) in [4.78, 5) is 2.47. The van der Waals surface area contributed by atoms with Crippen molar-refractivity contribution in [1.29, 1.82) is 0 Å². The third kappa shape index (κ3) is 2.96. The van der Waals surface area contributed by atoms with Crippen molar-refractivity contribution in [2.45, 2.75) is 44.7 Å². The molecular formula is C18H22ClN3O2. The molecule has 2 aliphatic rings. The molecule has 6 heteroatoms. The summed E-state index contributed by atoms with van der Waals surface area (Å²) >= 11 is 6.15. The average Bonchev–Trinajstić information content (AvgIpc) is 3.21. The molecule has 24 heavy (non-hydrogen) atoms. The number of hydrogen-bond acceptors (Lipinski definition) is 5. The molecule has 5 nitrogen and oxygen atoms in total. The predicted octanol–water partition coefficient (Wildman–Crippen LogP) is 3.39. The van der Waals surface area contributed by atoms with Gasteiger partial charge in [-0.2, -0.15) is 0 Å². The first-order chi connectivity index (χ1) is 11.6. The Bertz CT molecular complexity index is 731. The summed E-state index contributed by atoms with van der Waals surface area (Å²) in [6, 6.07) is 6.69. The van der Waals surface area contributed by atoms with Gasteiger partial charge in [-0.3, -0.25) is 4.90 Å². The summed E-state index contributed by atoms with van der Waals surface area (Å²) in [6.45, 7) is 6.35. The van der Waals surface area contributed by atoms with Gasteiger partial charge in [-0.1, -0.05) is 31.5 Å². The number of fused-ring (bicyclic) bond motifs is 1. The zero-order chi connectivity index (χ0) is 16.7. The largest absolute Gasteiger partial charge is 0.423 e. The number of nitrogens with zero attached hydrogens (tertiary/aromatic N) is 3. The van der Waals surface area contributed by atoms with Gasteiger partial charge < -0.3 is 9.15 Å². The first-order valence-electron chi connectivity index (χ1n) is 8.56. The summed E-state index contributed by atoms with van der Waals surface area (Å²) in [5.74, 6) is 1.60. The highest BCUT2D eigenvalue weighted by Crippen LogP contribution is 2.34. The van der Waals surface area contributed by atoms with Crippen LogP contribution in [0.2, 0.25) is 5.02 Å². The lowest BCUT2D eigenvalue weighted by Gasteiger charge is -2.37. The van der Waals surface area contributed by atoms with E-state index in [1.165, 1.54) is 11.1 Å². The SMILES string of the molecule is CC(C)c1nnc([C@@H]2COCCN2[C@@H]2Cc3ccc(Cl)cc3C2)o1. The molecule has 2 heterocycles. The Labute approximate surface area is 147 Å². The lowest BCUT2D eigenvalue weighted by molar-refractivity contribution is -0.0379. The highest BCUT2D eigenvalue weighted by atomic mass is 35.5. The van der Waals surface area contributed by atoms with E-state index in [1.54, 1.807) is 0 Å². The summed E-state index contributed by atoms with van der Waals surface area (Å²) < 4.78 is 11.6. The van der Waals surface area contributed by atoms with Crippen molar-refractivity contribution in [3.05, 3.63) is 46.1 Å². The van der Waals surface area contributed by atoms with Gasteiger partial charge in [-0.25, -0.2) is 0 Å². The minimum Gasteiger partial charge on any atom is -0.423 e. The zero-order valence-corrected chi connectivity index (χ0v) is 14.8. The van der Waals surface area contributed by atoms with Crippen molar-refractivity contribution in [3.8, 4) is 0 Å². The molecule has 0 unspecified atom stereocenters. The molecule has 0 spiro atoms. The van der Waals surface area contributed by atoms with Gasteiger partial charge in [0.05, 0.1) is 13.2 Å². The molecule has 2 aromatic rings. The van der Waals surface area contributed by atoms with Crippen LogP contribution in [0.3, 0.4) is 0 Å². The predicted molar refractivity (Wildman–Crippen MR) is 91.3 cm³/mol. The number of morpholine rings is 1. The van der Waals surface area contributed by atoms with Crippen LogP contribution >= 0.6 is 11.6 Å². The standard InChI is InChI=1S/C18H22ClN3O2/c1-11(2)17-20-21-18(24-17)16-10-23-6-5-22(16)15-8-12-3-4-14(19)7-13(12)9-15/h3-4,7,11,15-16H,5-6,8-10H2,1-2H3/t15-,16+/m1/s1. The summed E-state index contributed by atoms with van der Waals surface area (Å²) in [5, 5.41) is 9.28. The van der Waals surface area contributed by atoms with Crippen LogP contribution < -0.4 is 0 Å². The van der Waals surface area contributed by atoms with Gasteiger partial charge in [0, 0.05) is 23.5 Å². The van der Waals surface area contributed by atoms with Crippen LogP contribution in [-0.4, -0.2) is 40.9 Å². The fourth-order valence-electron chi connectivity index (χ4n) is 3.68. The molecular weight excluding hydrogens is 326 g/mol. The second-order valence-corrected chi connectivity index (χ2v) is 7.37. The monoisotopic (exact) mass is 347 g/mol. The van der Waals surface area contributed by atoms with E-state index in [1.807, 2.05) is 6.07 Å². The van der Waals surface area contributed by atoms with E-state index in [4.69, 9.17) is 20.8 Å². The van der Waals surface area contributed by atoms with Gasteiger partial charge in [0.25, 0.3) is 0 Å². The van der Waals surface area contributed by atoms with E-state index in [-0.39, 0.29) is 12.0 Å². The van der Waals surface area contributed by atoms with Gasteiger partial charge in [-0.05, 0) is 36.1 Å². The quantitative estimate of drug-likeness (QED) is 0.851. The molecule has 0 amide bonds. The molecule has 0 bridgehead atoms. The molecule has 4 rings (SSSR count). The van der Waals surface area contributed by atoms with E-state index in [0.717, 1.165) is 31.0 Å². The molecule has 1 saturated heterocycles. The van der Waals surface area contributed by atoms with E-state index in [2.05, 4.69) is 41.1 Å². The Hall–Kier alpha value is -1.43. The average molecular weight is 348 g/mol. The Morgan fingerprint density at radius 2 is 2.04 bits per heavy atom. The number of benzene rings is 1. The van der Waals surface area contributed by atoms with Crippen LogP contribution in [0, 0.1) is 0 Å². The second-order valence-electron chi connectivity index (χ2n) is 6.94. The summed E-state index contributed by atoms with van der Waals surface area (Å²) in [5.41, 5.74) is 2.74. The number of halogens is 1. The van der Waals surface area contributed by atoms with Crippen molar-refractivity contribution < 1.29 is 9.15 Å². The van der Waals surface area contributed by atoms with Gasteiger partial charge in [-0.15, -0.1) is 10.2 Å². The molecule has 128 valence electrons. The Morgan fingerprint density at radius 1 is 1.21 bits per heavy atom. The molecule has 1 aromatic heterocycles. The molecule has 1 aliphatic carbocycles. The smallest absolute Gasteiger partial charge is 0.236 e. The minimum absolute atomic E-state index is 0.0357. The van der Waals surface area contributed by atoms with Gasteiger partial charge in [0.15, 0.2) is 0 Å². The van der Waals surface area contributed by atoms with E-state index >= 15 is 0 Å². The third-order valence-corrected chi connectivity index (χ3v) is 5.19. The van der Waals surface area contributed by atoms with E-state index < -0.39 is 0 Å². The van der Waals surface area contributed by atoms with Crippen molar-refractivity contribution in [2.75, 3.05) is 19.8 Å². The summed E-state index contributed by atoms with van der Waals surface area (Å²) in [6.07, 6.45) is 2.05. The molecule has 1 fully saturated rings. The molecule has 0 radical (unpaired) electrons. The Balaban J connectivity index is 1.56. The minimum atomic E-state index is 0.0357. The van der Waals surface area contributed by atoms with Gasteiger partial charge >= 0.3 is 0 Å². The van der Waals surface area contributed by atoms with Crippen LogP contribution in [0.15, 0.2) is 22.6 Å². The summed E-state index contributed by atoms with van der Waals surface area (Å²) in [7, 11) is 0. The maximum Gasteiger partial charge on any atom is 0.236 e. The van der Waals surface area contributed by atoms with Crippen LogP contribution in [-0.2, 0) is 17.6 Å². The van der Waals surface area contributed by atoms with Crippen molar-refractivity contribution in [1.82, 2.24) is 15.1 Å². The topological polar surface area (TPSA) is 51.4 Å². The first kappa shape index (κ1) is 16.1. The zero-order valence-electron chi connectivity index (χ0n) is 14.0. The lowest BCUT2D eigenvalue weighted by atomic mass is 10.1. The molecule has 0 N–H and O–H groups in total. The second kappa shape index (κ2) is 6.47. The van der Waals surface area contributed by atoms with Crippen molar-refractivity contribution in [3.63, 3.8) is 0 Å². The highest BCUT2D eigenvalue weighted by Gasteiger charge is 2.37. The van der Waals surface area contributed by atoms with E-state index in [0.29, 0.717) is 24.4 Å². The maximum atomic E-state index is 6.15. The number of rotatable bonds is 3. The van der Waals surface area contributed by atoms with Gasteiger partial charge in [0.2, 0.25) is 11.8 Å². The number of aromatic nitrogens is 2. The third-order valence-electron chi connectivity index (χ3n) is 4.95. The molecule has 0 saturated carbocycles. The Kier molecular flexibility index (Phi) is 4.33. The highest BCUT2D eigenvalue weighted by molar-refractivity contribution is 6.30. The van der Waals surface area contributed by atoms with Crippen LogP contribution in [0.25, 0.3) is 0 Å². The first-order valence-corrected chi connectivity index (χ1v) is 8.93. The van der Waals surface area contributed by atoms with Crippen LogP contribution in [0.5, 0.6) is 0 Å². The van der Waals surface area contributed by atoms with Crippen LogP contribution in [0.1, 0.15) is 48.7 Å². The van der Waals surface area contributed by atoms with Crippen molar-refractivity contribution >= 4 is 11.6 Å². The normalized spacial score (nSPS) is 24.5. The fraction of sp³-hybridized carbons (Fsp3) is 0.556. The molecule has 1 aromatic carbocycles. The van der Waals surface area contributed by atoms with Crippen LogP contribution in [0.4, 0.5) is 0 Å². The lowest BCUT2D eigenvalue weighted by Crippen LogP contribution is -2.46. The fourth-order valence-corrected chi connectivity index (χ4v) is 3.87. The van der Waals surface area contributed by atoms with Gasteiger partial charge in [0.1, 0.15) is 6.04 Å².